The predicted molar refractivity (Wildman–Crippen MR) is 126 cm³/mol. The first-order valence-corrected chi connectivity index (χ1v) is 10.7. The molecule has 0 spiro atoms. The monoisotopic (exact) mass is 497 g/mol. The smallest absolute Gasteiger partial charge is 0.338 e. The number of aromatic nitrogens is 2. The fraction of sp³-hybridized carbons (Fsp3) is 0.167. The Balaban J connectivity index is 1.37. The number of carbonyl (C=O) groups is 2. The van der Waals surface area contributed by atoms with E-state index in [0.29, 0.717) is 22.9 Å². The van der Waals surface area contributed by atoms with Crippen LogP contribution in [0.2, 0.25) is 5.02 Å². The van der Waals surface area contributed by atoms with Gasteiger partial charge in [-0.1, -0.05) is 11.6 Å². The number of anilines is 1. The number of ether oxygens (including phenoxy) is 3. The quantitative estimate of drug-likeness (QED) is 0.366. The number of methoxy groups -OCH3 is 1. The van der Waals surface area contributed by atoms with E-state index in [9.17, 15) is 14.4 Å². The lowest BCUT2D eigenvalue weighted by Crippen LogP contribution is -2.20. The van der Waals surface area contributed by atoms with E-state index >= 15 is 0 Å². The van der Waals surface area contributed by atoms with Crippen molar-refractivity contribution in [2.75, 3.05) is 19.0 Å². The lowest BCUT2D eigenvalue weighted by molar-refractivity contribution is -0.118. The van der Waals surface area contributed by atoms with Crippen molar-refractivity contribution < 1.29 is 28.3 Å². The molecule has 0 atom stereocenters. The average molecular weight is 498 g/mol. The molecule has 0 aliphatic heterocycles. The average Bonchev–Trinajstić information content (AvgIpc) is 3.23. The van der Waals surface area contributed by atoms with E-state index in [1.807, 2.05) is 0 Å². The number of carbonyl (C=O) groups excluding carboxylic acids is 2. The van der Waals surface area contributed by atoms with Gasteiger partial charge in [-0.3, -0.25) is 9.59 Å². The summed E-state index contributed by atoms with van der Waals surface area (Å²) >= 11 is 6.17. The van der Waals surface area contributed by atoms with Gasteiger partial charge in [0.05, 0.1) is 29.1 Å². The molecule has 35 heavy (non-hydrogen) atoms. The lowest BCUT2D eigenvalue weighted by atomic mass is 10.2. The van der Waals surface area contributed by atoms with Crippen molar-refractivity contribution in [3.05, 3.63) is 87.0 Å². The Morgan fingerprint density at radius 2 is 1.83 bits per heavy atom. The summed E-state index contributed by atoms with van der Waals surface area (Å²) in [6.45, 7) is 1.19. The Labute approximate surface area is 204 Å². The highest BCUT2D eigenvalue weighted by Gasteiger charge is 2.14. The highest BCUT2D eigenvalue weighted by molar-refractivity contribution is 6.33. The molecule has 0 fully saturated rings. The molecule has 10 nitrogen and oxygen atoms in total. The number of aryl methyl sites for hydroxylation is 1. The summed E-state index contributed by atoms with van der Waals surface area (Å²) in [4.78, 5) is 41.2. The lowest BCUT2D eigenvalue weighted by Gasteiger charge is -2.11. The number of esters is 1. The Morgan fingerprint density at radius 3 is 2.57 bits per heavy atom. The van der Waals surface area contributed by atoms with Gasteiger partial charge in [0, 0.05) is 12.1 Å². The molecule has 4 rings (SSSR count). The maximum Gasteiger partial charge on any atom is 0.338 e. The fourth-order valence-electron chi connectivity index (χ4n) is 3.13. The van der Waals surface area contributed by atoms with Crippen molar-refractivity contribution >= 4 is 34.8 Å². The van der Waals surface area contributed by atoms with Gasteiger partial charge in [0.25, 0.3) is 11.5 Å². The molecule has 0 bridgehead atoms. The van der Waals surface area contributed by atoms with Gasteiger partial charge < -0.3 is 24.1 Å². The van der Waals surface area contributed by atoms with Crippen LogP contribution in [0.4, 0.5) is 5.69 Å². The number of hydrogen-bond acceptors (Lipinski definition) is 8. The number of benzene rings is 2. The van der Waals surface area contributed by atoms with Gasteiger partial charge >= 0.3 is 5.97 Å². The number of amides is 1. The van der Waals surface area contributed by atoms with Crippen LogP contribution in [0.3, 0.4) is 0 Å². The largest absolute Gasteiger partial charge is 0.497 e. The van der Waals surface area contributed by atoms with Gasteiger partial charge in [-0.25, -0.2) is 9.78 Å². The third-order valence-corrected chi connectivity index (χ3v) is 5.11. The van der Waals surface area contributed by atoms with Crippen molar-refractivity contribution in [2.24, 2.45) is 0 Å². The van der Waals surface area contributed by atoms with Crippen molar-refractivity contribution in [1.29, 1.82) is 0 Å². The van der Waals surface area contributed by atoms with E-state index in [0.717, 1.165) is 4.57 Å². The van der Waals surface area contributed by atoms with E-state index in [1.165, 1.54) is 24.3 Å². The summed E-state index contributed by atoms with van der Waals surface area (Å²) in [5.74, 6) is 0.520. The molecule has 0 aliphatic carbocycles. The Morgan fingerprint density at radius 1 is 1.09 bits per heavy atom. The SMILES string of the molecule is COc1ccc(OCC(=O)Nc2cc(C(=O)OCc3cc(=O)n4oc(C)cc4n3)ccc2Cl)cc1. The second-order valence-electron chi connectivity index (χ2n) is 7.37. The molecule has 0 unspecified atom stereocenters. The van der Waals surface area contributed by atoms with Crippen LogP contribution in [-0.2, 0) is 16.1 Å². The first kappa shape index (κ1) is 23.8. The number of fused-ring (bicyclic) bond motifs is 1. The van der Waals surface area contributed by atoms with Crippen LogP contribution in [0.5, 0.6) is 11.5 Å². The summed E-state index contributed by atoms with van der Waals surface area (Å²) in [5.41, 5.74) is 0.521. The van der Waals surface area contributed by atoms with Gasteiger partial charge in [0.2, 0.25) is 0 Å². The summed E-state index contributed by atoms with van der Waals surface area (Å²) in [6, 6.07) is 13.9. The molecular formula is C24H20ClN3O7. The molecule has 2 aromatic heterocycles. The maximum absolute atomic E-state index is 12.5. The standard InChI is InChI=1S/C24H20ClN3O7/c1-14-9-21-26-16(11-23(30)28(21)35-14)12-34-24(31)15-3-8-19(25)20(10-15)27-22(29)13-33-18-6-4-17(32-2)5-7-18/h3-11H,12-13H2,1-2H3,(H,27,29). The molecule has 0 saturated heterocycles. The third-order valence-electron chi connectivity index (χ3n) is 4.78. The number of nitrogens with zero attached hydrogens (tertiary/aromatic N) is 2. The van der Waals surface area contributed by atoms with Crippen molar-refractivity contribution in [3.8, 4) is 11.5 Å². The predicted octanol–water partition coefficient (Wildman–Crippen LogP) is 3.63. The molecule has 0 aliphatic rings. The maximum atomic E-state index is 12.5. The van der Waals surface area contributed by atoms with E-state index in [2.05, 4.69) is 10.3 Å². The fourth-order valence-corrected chi connectivity index (χ4v) is 3.29. The molecular weight excluding hydrogens is 478 g/mol. The minimum Gasteiger partial charge on any atom is -0.497 e. The highest BCUT2D eigenvalue weighted by atomic mass is 35.5. The zero-order valence-corrected chi connectivity index (χ0v) is 19.5. The van der Waals surface area contributed by atoms with E-state index < -0.39 is 17.4 Å². The van der Waals surface area contributed by atoms with Crippen LogP contribution >= 0.6 is 11.6 Å². The molecule has 1 amide bonds. The zero-order chi connectivity index (χ0) is 24.9. The van der Waals surface area contributed by atoms with Gasteiger partial charge in [-0.05, 0) is 49.4 Å². The van der Waals surface area contributed by atoms with Crippen LogP contribution < -0.4 is 20.3 Å². The third kappa shape index (κ3) is 5.79. The van der Waals surface area contributed by atoms with Crippen molar-refractivity contribution in [1.82, 2.24) is 9.56 Å². The van der Waals surface area contributed by atoms with Crippen LogP contribution in [0.25, 0.3) is 5.65 Å². The molecule has 0 saturated carbocycles. The van der Waals surface area contributed by atoms with Crippen LogP contribution in [0.1, 0.15) is 21.8 Å². The van der Waals surface area contributed by atoms with E-state index in [1.54, 1.807) is 44.4 Å². The molecule has 11 heteroatoms. The number of rotatable bonds is 8. The van der Waals surface area contributed by atoms with Gasteiger partial charge in [0.1, 0.15) is 23.9 Å². The minimum absolute atomic E-state index is 0.151. The topological polar surface area (TPSA) is 121 Å². The molecule has 2 heterocycles. The van der Waals surface area contributed by atoms with Crippen LogP contribution in [0, 0.1) is 6.92 Å². The van der Waals surface area contributed by atoms with E-state index in [4.69, 9.17) is 30.3 Å². The van der Waals surface area contributed by atoms with Gasteiger partial charge in [-0.15, -0.1) is 4.57 Å². The highest BCUT2D eigenvalue weighted by Crippen LogP contribution is 2.24. The van der Waals surface area contributed by atoms with Gasteiger partial charge in [-0.2, -0.15) is 0 Å². The molecule has 0 radical (unpaired) electrons. The summed E-state index contributed by atoms with van der Waals surface area (Å²) in [7, 11) is 1.55. The van der Waals surface area contributed by atoms with Crippen molar-refractivity contribution in [2.45, 2.75) is 13.5 Å². The first-order chi connectivity index (χ1) is 16.8. The van der Waals surface area contributed by atoms with E-state index in [-0.39, 0.29) is 35.2 Å². The zero-order valence-electron chi connectivity index (χ0n) is 18.7. The molecule has 180 valence electrons. The summed E-state index contributed by atoms with van der Waals surface area (Å²) in [5, 5.41) is 2.84. The number of hydrogen-bond donors (Lipinski definition) is 1. The summed E-state index contributed by atoms with van der Waals surface area (Å²) in [6.07, 6.45) is 0. The second-order valence-corrected chi connectivity index (χ2v) is 7.77. The molecule has 4 aromatic rings. The van der Waals surface area contributed by atoms with Gasteiger partial charge in [0.15, 0.2) is 12.3 Å². The van der Waals surface area contributed by atoms with Crippen molar-refractivity contribution in [3.63, 3.8) is 0 Å². The number of halogens is 1. The second kappa shape index (κ2) is 10.3. The Hall–Kier alpha value is -4.31. The Kier molecular flexibility index (Phi) is 7.02. The summed E-state index contributed by atoms with van der Waals surface area (Å²) < 4.78 is 22.1. The first-order valence-electron chi connectivity index (χ1n) is 10.4. The Bertz CT molecular complexity index is 1440. The minimum atomic E-state index is -0.683. The van der Waals surface area contributed by atoms with Crippen LogP contribution in [-0.4, -0.2) is 35.2 Å². The molecule has 1 N–H and O–H groups in total. The molecule has 2 aromatic carbocycles. The normalized spacial score (nSPS) is 10.7. The number of nitrogens with one attached hydrogen (secondary N) is 1. The van der Waals surface area contributed by atoms with Crippen LogP contribution in [0.15, 0.2) is 63.9 Å².